The van der Waals surface area contributed by atoms with Crippen LogP contribution in [0.4, 0.5) is 0 Å². The van der Waals surface area contributed by atoms with Crippen molar-refractivity contribution in [1.29, 1.82) is 0 Å². The van der Waals surface area contributed by atoms with Crippen molar-refractivity contribution < 1.29 is 4.79 Å². The number of hydrogen-bond acceptors (Lipinski definition) is 2. The molecule has 1 amide bonds. The SMILES string of the molecule is Cc1cccc(C2CCCN2C(=O)CCCN)c1.Cl. The van der Waals surface area contributed by atoms with Gasteiger partial charge >= 0.3 is 0 Å². The quantitative estimate of drug-likeness (QED) is 0.923. The minimum absolute atomic E-state index is 0. The number of amides is 1. The Morgan fingerprint density at radius 2 is 2.26 bits per heavy atom. The van der Waals surface area contributed by atoms with E-state index in [1.807, 2.05) is 4.90 Å². The lowest BCUT2D eigenvalue weighted by atomic mass is 10.0. The number of aryl methyl sites for hydroxylation is 1. The zero-order valence-electron chi connectivity index (χ0n) is 11.5. The van der Waals surface area contributed by atoms with Gasteiger partial charge in [-0.1, -0.05) is 29.8 Å². The van der Waals surface area contributed by atoms with Gasteiger partial charge in [-0.15, -0.1) is 12.4 Å². The summed E-state index contributed by atoms with van der Waals surface area (Å²) in [6.07, 6.45) is 3.56. The van der Waals surface area contributed by atoms with Crippen LogP contribution < -0.4 is 5.73 Å². The average Bonchev–Trinajstić information content (AvgIpc) is 2.85. The van der Waals surface area contributed by atoms with Gasteiger partial charge in [0.1, 0.15) is 0 Å². The summed E-state index contributed by atoms with van der Waals surface area (Å²) in [5, 5.41) is 0. The van der Waals surface area contributed by atoms with Gasteiger partial charge in [-0.25, -0.2) is 0 Å². The molecule has 0 spiro atoms. The predicted octanol–water partition coefficient (Wildman–Crippen LogP) is 2.82. The molecule has 0 bridgehead atoms. The first kappa shape index (κ1) is 16.0. The van der Waals surface area contributed by atoms with Gasteiger partial charge in [0, 0.05) is 13.0 Å². The van der Waals surface area contributed by atoms with Crippen molar-refractivity contribution in [2.24, 2.45) is 5.73 Å². The van der Waals surface area contributed by atoms with Crippen molar-refractivity contribution in [1.82, 2.24) is 4.90 Å². The topological polar surface area (TPSA) is 46.3 Å². The highest BCUT2D eigenvalue weighted by atomic mass is 35.5. The van der Waals surface area contributed by atoms with Crippen molar-refractivity contribution in [2.75, 3.05) is 13.1 Å². The average molecular weight is 283 g/mol. The number of benzene rings is 1. The fourth-order valence-electron chi connectivity index (χ4n) is 2.69. The molecule has 1 aliphatic heterocycles. The smallest absolute Gasteiger partial charge is 0.223 e. The number of likely N-dealkylation sites (tertiary alicyclic amines) is 1. The fourth-order valence-corrected chi connectivity index (χ4v) is 2.69. The van der Waals surface area contributed by atoms with Crippen molar-refractivity contribution in [3.05, 3.63) is 35.4 Å². The molecular formula is C15H23ClN2O. The van der Waals surface area contributed by atoms with Crippen LogP contribution in [-0.2, 0) is 4.79 Å². The molecule has 106 valence electrons. The number of carbonyl (C=O) groups is 1. The Hall–Kier alpha value is -1.06. The van der Waals surface area contributed by atoms with E-state index in [4.69, 9.17) is 5.73 Å². The van der Waals surface area contributed by atoms with Gasteiger partial charge in [0.25, 0.3) is 0 Å². The molecule has 1 aromatic carbocycles. The van der Waals surface area contributed by atoms with Crippen LogP contribution in [0.3, 0.4) is 0 Å². The Balaban J connectivity index is 0.00000180. The summed E-state index contributed by atoms with van der Waals surface area (Å²) in [7, 11) is 0. The lowest BCUT2D eigenvalue weighted by Crippen LogP contribution is -2.30. The van der Waals surface area contributed by atoms with E-state index >= 15 is 0 Å². The van der Waals surface area contributed by atoms with E-state index in [0.717, 1.165) is 25.8 Å². The predicted molar refractivity (Wildman–Crippen MR) is 80.4 cm³/mol. The molecule has 0 saturated carbocycles. The number of nitrogens with zero attached hydrogens (tertiary/aromatic N) is 1. The second-order valence-electron chi connectivity index (χ2n) is 5.05. The van der Waals surface area contributed by atoms with E-state index in [1.165, 1.54) is 11.1 Å². The van der Waals surface area contributed by atoms with Gasteiger partial charge in [-0.3, -0.25) is 4.79 Å². The molecule has 4 heteroatoms. The summed E-state index contributed by atoms with van der Waals surface area (Å²) in [5.41, 5.74) is 8.00. The lowest BCUT2D eigenvalue weighted by molar-refractivity contribution is -0.132. The molecule has 1 fully saturated rings. The highest BCUT2D eigenvalue weighted by molar-refractivity contribution is 5.85. The van der Waals surface area contributed by atoms with Crippen molar-refractivity contribution in [2.45, 2.75) is 38.6 Å². The number of halogens is 1. The van der Waals surface area contributed by atoms with Crippen LogP contribution in [0.25, 0.3) is 0 Å². The highest BCUT2D eigenvalue weighted by Crippen LogP contribution is 2.32. The minimum atomic E-state index is 0. The van der Waals surface area contributed by atoms with E-state index in [9.17, 15) is 4.79 Å². The maximum Gasteiger partial charge on any atom is 0.223 e. The number of hydrogen-bond donors (Lipinski definition) is 1. The summed E-state index contributed by atoms with van der Waals surface area (Å²) >= 11 is 0. The van der Waals surface area contributed by atoms with Gasteiger partial charge in [0.2, 0.25) is 5.91 Å². The second kappa shape index (κ2) is 7.51. The Morgan fingerprint density at radius 1 is 1.47 bits per heavy atom. The molecule has 0 radical (unpaired) electrons. The first-order valence-corrected chi connectivity index (χ1v) is 6.78. The van der Waals surface area contributed by atoms with Crippen LogP contribution in [0.1, 0.15) is 42.9 Å². The first-order chi connectivity index (χ1) is 8.72. The summed E-state index contributed by atoms with van der Waals surface area (Å²) in [4.78, 5) is 14.2. The molecular weight excluding hydrogens is 260 g/mol. The maximum atomic E-state index is 12.1. The normalized spacial score (nSPS) is 18.2. The molecule has 3 nitrogen and oxygen atoms in total. The summed E-state index contributed by atoms with van der Waals surface area (Å²) < 4.78 is 0. The monoisotopic (exact) mass is 282 g/mol. The maximum absolute atomic E-state index is 12.1. The number of rotatable bonds is 4. The third-order valence-corrected chi connectivity index (χ3v) is 3.59. The zero-order chi connectivity index (χ0) is 13.0. The molecule has 1 aliphatic rings. The standard InChI is InChI=1S/C15H22N2O.ClH/c1-12-5-2-6-13(11-12)14-7-4-10-17(14)15(18)8-3-9-16;/h2,5-6,11,14H,3-4,7-10,16H2,1H3;1H. The van der Waals surface area contributed by atoms with E-state index in [0.29, 0.717) is 13.0 Å². The molecule has 2 rings (SSSR count). The van der Waals surface area contributed by atoms with Gasteiger partial charge in [-0.2, -0.15) is 0 Å². The molecule has 1 atom stereocenters. The Morgan fingerprint density at radius 3 is 2.95 bits per heavy atom. The number of carbonyl (C=O) groups excluding carboxylic acids is 1. The van der Waals surface area contributed by atoms with Crippen molar-refractivity contribution in [3.63, 3.8) is 0 Å². The van der Waals surface area contributed by atoms with Crippen LogP contribution in [0.15, 0.2) is 24.3 Å². The molecule has 1 unspecified atom stereocenters. The lowest BCUT2D eigenvalue weighted by Gasteiger charge is -2.25. The van der Waals surface area contributed by atoms with Crippen LogP contribution in [-0.4, -0.2) is 23.9 Å². The van der Waals surface area contributed by atoms with Gasteiger partial charge in [-0.05, 0) is 38.3 Å². The van der Waals surface area contributed by atoms with Gasteiger partial charge in [0.05, 0.1) is 6.04 Å². The Bertz CT molecular complexity index is 422. The summed E-state index contributed by atoms with van der Waals surface area (Å²) in [6.45, 7) is 3.58. The Labute approximate surface area is 121 Å². The van der Waals surface area contributed by atoms with Crippen molar-refractivity contribution in [3.8, 4) is 0 Å². The van der Waals surface area contributed by atoms with Gasteiger partial charge in [0.15, 0.2) is 0 Å². The third-order valence-electron chi connectivity index (χ3n) is 3.59. The molecule has 1 aromatic rings. The first-order valence-electron chi connectivity index (χ1n) is 6.78. The molecule has 1 heterocycles. The fraction of sp³-hybridized carbons (Fsp3) is 0.533. The van der Waals surface area contributed by atoms with E-state index in [-0.39, 0.29) is 24.4 Å². The van der Waals surface area contributed by atoms with Crippen molar-refractivity contribution >= 4 is 18.3 Å². The molecule has 19 heavy (non-hydrogen) atoms. The van der Waals surface area contributed by atoms with Crippen LogP contribution in [0, 0.1) is 6.92 Å². The number of nitrogens with two attached hydrogens (primary N) is 1. The summed E-state index contributed by atoms with van der Waals surface area (Å²) in [5.74, 6) is 0.254. The minimum Gasteiger partial charge on any atom is -0.336 e. The van der Waals surface area contributed by atoms with Crippen LogP contribution in [0.2, 0.25) is 0 Å². The van der Waals surface area contributed by atoms with E-state index in [1.54, 1.807) is 0 Å². The highest BCUT2D eigenvalue weighted by Gasteiger charge is 2.29. The molecule has 2 N–H and O–H groups in total. The van der Waals surface area contributed by atoms with E-state index in [2.05, 4.69) is 31.2 Å². The Kier molecular flexibility index (Phi) is 6.32. The summed E-state index contributed by atoms with van der Waals surface area (Å²) in [6, 6.07) is 8.77. The van der Waals surface area contributed by atoms with Crippen LogP contribution >= 0.6 is 12.4 Å². The molecule has 0 aromatic heterocycles. The largest absolute Gasteiger partial charge is 0.336 e. The third kappa shape index (κ3) is 3.95. The molecule has 1 saturated heterocycles. The zero-order valence-corrected chi connectivity index (χ0v) is 12.3. The molecule has 0 aliphatic carbocycles. The van der Waals surface area contributed by atoms with E-state index < -0.39 is 0 Å². The van der Waals surface area contributed by atoms with Crippen LogP contribution in [0.5, 0.6) is 0 Å². The second-order valence-corrected chi connectivity index (χ2v) is 5.05. The van der Waals surface area contributed by atoms with Gasteiger partial charge < -0.3 is 10.6 Å².